The summed E-state index contributed by atoms with van der Waals surface area (Å²) >= 11 is 1.39. The molecule has 10 heteroatoms. The van der Waals surface area contributed by atoms with Crippen LogP contribution in [0, 0.1) is 0 Å². The maximum atomic E-state index is 13.2. The fraction of sp³-hybridized carbons (Fsp3) is 0.370. The summed E-state index contributed by atoms with van der Waals surface area (Å²) in [5.41, 5.74) is 0.160. The number of likely N-dealkylation sites (tertiary alicyclic amines) is 1. The molecule has 4 rings (SSSR count). The number of piperidine rings is 1. The van der Waals surface area contributed by atoms with Gasteiger partial charge in [-0.3, -0.25) is 4.79 Å². The molecule has 1 aliphatic heterocycles. The zero-order valence-corrected chi connectivity index (χ0v) is 21.6. The predicted octanol–water partition coefficient (Wildman–Crippen LogP) is 7.20. The summed E-state index contributed by atoms with van der Waals surface area (Å²) in [6.07, 6.45) is -3.36. The van der Waals surface area contributed by atoms with Crippen LogP contribution in [0.3, 0.4) is 0 Å². The molecular formula is C27H28F3N3O3S. The molecule has 6 nitrogen and oxygen atoms in total. The van der Waals surface area contributed by atoms with Crippen LogP contribution in [0.2, 0.25) is 0 Å². The van der Waals surface area contributed by atoms with E-state index in [-0.39, 0.29) is 17.7 Å². The average Bonchev–Trinajstić information content (AvgIpc) is 3.34. The smallest absolute Gasteiger partial charge is 0.416 e. The van der Waals surface area contributed by atoms with Crippen LogP contribution in [-0.2, 0) is 10.9 Å². The van der Waals surface area contributed by atoms with E-state index in [2.05, 4.69) is 10.3 Å². The van der Waals surface area contributed by atoms with Gasteiger partial charge in [0.1, 0.15) is 11.3 Å². The third kappa shape index (κ3) is 6.68. The second-order valence-corrected chi connectivity index (χ2v) is 10.8. The first-order valence-electron chi connectivity index (χ1n) is 11.9. The number of alkyl halides is 3. The predicted molar refractivity (Wildman–Crippen MR) is 137 cm³/mol. The molecule has 2 heterocycles. The molecule has 37 heavy (non-hydrogen) atoms. The first-order chi connectivity index (χ1) is 17.4. The number of thiazole rings is 1. The van der Waals surface area contributed by atoms with Crippen molar-refractivity contribution in [2.75, 3.05) is 18.4 Å². The Labute approximate surface area is 217 Å². The lowest BCUT2D eigenvalue weighted by Crippen LogP contribution is -2.41. The van der Waals surface area contributed by atoms with Crippen molar-refractivity contribution in [3.63, 3.8) is 0 Å². The molecule has 0 radical (unpaired) electrons. The molecule has 196 valence electrons. The van der Waals surface area contributed by atoms with Crippen LogP contribution in [0.5, 0.6) is 0 Å². The van der Waals surface area contributed by atoms with Gasteiger partial charge in [0.15, 0.2) is 0 Å². The molecule has 0 atom stereocenters. The van der Waals surface area contributed by atoms with E-state index < -0.39 is 23.2 Å². The van der Waals surface area contributed by atoms with Crippen molar-refractivity contribution < 1.29 is 27.5 Å². The standard InChI is InChI=1S/C27H28F3N3O3S/c1-26(2,3)36-25(35)33-13-11-17(12-14-33)24-32-22(16-37-24)23(34)31-21-10-5-4-9-20(21)18-7-6-8-19(15-18)27(28,29)30/h4-10,15-17H,11-14H2,1-3H3,(H,31,34). The van der Waals surface area contributed by atoms with Crippen LogP contribution < -0.4 is 5.32 Å². The number of para-hydroxylation sites is 1. The number of nitrogens with zero attached hydrogens (tertiary/aromatic N) is 2. The molecule has 0 saturated carbocycles. The van der Waals surface area contributed by atoms with E-state index >= 15 is 0 Å². The van der Waals surface area contributed by atoms with Gasteiger partial charge in [0.05, 0.1) is 10.6 Å². The lowest BCUT2D eigenvalue weighted by Gasteiger charge is -2.32. The van der Waals surface area contributed by atoms with Crippen molar-refractivity contribution in [1.82, 2.24) is 9.88 Å². The number of carbonyl (C=O) groups excluding carboxylic acids is 2. The Morgan fingerprint density at radius 3 is 2.43 bits per heavy atom. The van der Waals surface area contributed by atoms with Gasteiger partial charge in [-0.1, -0.05) is 30.3 Å². The Morgan fingerprint density at radius 1 is 1.05 bits per heavy atom. The second kappa shape index (κ2) is 10.5. The minimum atomic E-state index is -4.46. The zero-order valence-electron chi connectivity index (χ0n) is 20.8. The largest absolute Gasteiger partial charge is 0.444 e. The van der Waals surface area contributed by atoms with Crippen molar-refractivity contribution in [2.45, 2.75) is 51.3 Å². The Balaban J connectivity index is 1.43. The third-order valence-corrected chi connectivity index (χ3v) is 6.93. The minimum Gasteiger partial charge on any atom is -0.444 e. The molecule has 1 aliphatic rings. The van der Waals surface area contributed by atoms with E-state index in [9.17, 15) is 22.8 Å². The van der Waals surface area contributed by atoms with E-state index in [0.29, 0.717) is 42.7 Å². The minimum absolute atomic E-state index is 0.127. The molecule has 0 unspecified atom stereocenters. The van der Waals surface area contributed by atoms with Gasteiger partial charge in [0, 0.05) is 35.6 Å². The molecule has 1 aromatic heterocycles. The van der Waals surface area contributed by atoms with E-state index in [1.165, 1.54) is 17.4 Å². The maximum absolute atomic E-state index is 13.2. The van der Waals surface area contributed by atoms with Crippen LogP contribution in [0.25, 0.3) is 11.1 Å². The van der Waals surface area contributed by atoms with Gasteiger partial charge >= 0.3 is 12.3 Å². The van der Waals surface area contributed by atoms with Crippen molar-refractivity contribution in [1.29, 1.82) is 0 Å². The lowest BCUT2D eigenvalue weighted by molar-refractivity contribution is -0.137. The van der Waals surface area contributed by atoms with Crippen LogP contribution in [0.15, 0.2) is 53.9 Å². The molecule has 1 saturated heterocycles. The average molecular weight is 532 g/mol. The Hall–Kier alpha value is -3.40. The van der Waals surface area contributed by atoms with E-state index in [1.54, 1.807) is 40.6 Å². The number of hydrogen-bond acceptors (Lipinski definition) is 5. The molecule has 0 aliphatic carbocycles. The molecule has 2 aromatic carbocycles. The van der Waals surface area contributed by atoms with Crippen molar-refractivity contribution >= 4 is 29.0 Å². The van der Waals surface area contributed by atoms with Gasteiger partial charge in [0.2, 0.25) is 0 Å². The van der Waals surface area contributed by atoms with E-state index in [1.807, 2.05) is 20.8 Å². The third-order valence-electron chi connectivity index (χ3n) is 5.93. The topological polar surface area (TPSA) is 71.5 Å². The Bertz CT molecular complexity index is 1280. The molecular weight excluding hydrogens is 503 g/mol. The summed E-state index contributed by atoms with van der Waals surface area (Å²) in [7, 11) is 0. The van der Waals surface area contributed by atoms with Crippen LogP contribution in [-0.4, -0.2) is 40.6 Å². The van der Waals surface area contributed by atoms with Crippen LogP contribution in [0.4, 0.5) is 23.7 Å². The van der Waals surface area contributed by atoms with Gasteiger partial charge in [-0.2, -0.15) is 13.2 Å². The van der Waals surface area contributed by atoms with E-state index in [0.717, 1.165) is 17.1 Å². The Morgan fingerprint density at radius 2 is 1.76 bits per heavy atom. The monoisotopic (exact) mass is 531 g/mol. The number of rotatable bonds is 4. The maximum Gasteiger partial charge on any atom is 0.416 e. The summed E-state index contributed by atoms with van der Waals surface area (Å²) in [5.74, 6) is -0.309. The fourth-order valence-corrected chi connectivity index (χ4v) is 5.08. The van der Waals surface area contributed by atoms with Crippen LogP contribution >= 0.6 is 11.3 Å². The van der Waals surface area contributed by atoms with Crippen LogP contribution in [0.1, 0.15) is 60.6 Å². The molecule has 2 amide bonds. The lowest BCUT2D eigenvalue weighted by atomic mass is 9.98. The molecule has 1 N–H and O–H groups in total. The quantitative estimate of drug-likeness (QED) is 0.387. The van der Waals surface area contributed by atoms with Crippen molar-refractivity contribution in [3.05, 3.63) is 70.2 Å². The first kappa shape index (κ1) is 26.7. The number of amides is 2. The number of nitrogens with one attached hydrogen (secondary N) is 1. The highest BCUT2D eigenvalue weighted by Crippen LogP contribution is 2.35. The number of halogens is 3. The van der Waals surface area contributed by atoms with Gasteiger partial charge in [-0.15, -0.1) is 11.3 Å². The molecule has 0 bridgehead atoms. The number of hydrogen-bond donors (Lipinski definition) is 1. The van der Waals surface area contributed by atoms with E-state index in [4.69, 9.17) is 4.74 Å². The van der Waals surface area contributed by atoms with Gasteiger partial charge in [-0.05, 0) is 57.4 Å². The SMILES string of the molecule is CC(C)(C)OC(=O)N1CCC(c2nc(C(=O)Nc3ccccc3-c3cccc(C(F)(F)F)c3)cs2)CC1. The summed E-state index contributed by atoms with van der Waals surface area (Å²) in [4.78, 5) is 31.5. The number of aromatic nitrogens is 1. The summed E-state index contributed by atoms with van der Waals surface area (Å²) in [5, 5.41) is 5.30. The van der Waals surface area contributed by atoms with Gasteiger partial charge in [-0.25, -0.2) is 9.78 Å². The molecule has 3 aromatic rings. The fourth-order valence-electron chi connectivity index (χ4n) is 4.11. The number of ether oxygens (including phenoxy) is 1. The highest BCUT2D eigenvalue weighted by atomic mass is 32.1. The number of anilines is 1. The highest BCUT2D eigenvalue weighted by molar-refractivity contribution is 7.10. The first-order valence-corrected chi connectivity index (χ1v) is 12.8. The van der Waals surface area contributed by atoms with Crippen molar-refractivity contribution in [2.24, 2.45) is 0 Å². The molecule has 1 fully saturated rings. The Kier molecular flexibility index (Phi) is 7.59. The summed E-state index contributed by atoms with van der Waals surface area (Å²) < 4.78 is 45.0. The highest BCUT2D eigenvalue weighted by Gasteiger charge is 2.31. The molecule has 0 spiro atoms. The number of benzene rings is 2. The zero-order chi connectivity index (χ0) is 26.8. The van der Waals surface area contributed by atoms with Crippen molar-refractivity contribution in [3.8, 4) is 11.1 Å². The summed E-state index contributed by atoms with van der Waals surface area (Å²) in [6.45, 7) is 6.59. The van der Waals surface area contributed by atoms with Gasteiger partial charge in [0.25, 0.3) is 5.91 Å². The normalized spacial score (nSPS) is 14.9. The summed E-state index contributed by atoms with van der Waals surface area (Å²) in [6, 6.07) is 11.7. The van der Waals surface area contributed by atoms with Gasteiger partial charge < -0.3 is 15.0 Å². The number of carbonyl (C=O) groups is 2. The second-order valence-electron chi connectivity index (χ2n) is 9.89.